The average Bonchev–Trinajstić information content (AvgIpc) is 2.62. The van der Waals surface area contributed by atoms with Gasteiger partial charge in [-0.25, -0.2) is 9.37 Å². The lowest BCUT2D eigenvalue weighted by Gasteiger charge is -2.18. The van der Waals surface area contributed by atoms with Gasteiger partial charge in [0.05, 0.1) is 6.42 Å². The fourth-order valence-electron chi connectivity index (χ4n) is 3.29. The molecule has 1 heterocycles. The molecule has 1 atom stereocenters. The smallest absolute Gasteiger partial charge is 0.299 e. The highest BCUT2D eigenvalue weighted by molar-refractivity contribution is 5.86. The second-order valence-electron chi connectivity index (χ2n) is 6.89. The van der Waals surface area contributed by atoms with Crippen LogP contribution in [0, 0.1) is 18.7 Å². The predicted molar refractivity (Wildman–Crippen MR) is 99.5 cm³/mol. The number of carbonyl (C=O) groups excluding carboxylic acids is 1. The lowest BCUT2D eigenvalue weighted by molar-refractivity contribution is -0.153. The van der Waals surface area contributed by atoms with Crippen LogP contribution in [0.15, 0.2) is 54.6 Å². The summed E-state index contributed by atoms with van der Waals surface area (Å²) in [5, 5.41) is 0.517. The minimum atomic E-state index is -4.44. The number of aromatic nitrogens is 1. The highest BCUT2D eigenvalue weighted by Gasteiger charge is 2.35. The molecule has 2 aromatic carbocycles. The van der Waals surface area contributed by atoms with Crippen molar-refractivity contribution < 1.29 is 22.4 Å². The number of nitrogens with zero attached hydrogens (tertiary/aromatic N) is 1. The first-order chi connectivity index (χ1) is 13.2. The second kappa shape index (κ2) is 8.09. The standard InChI is InChI=1S/C22H19F4NO/c1-14-17(11-16-8-5-9-19(23)21(16)27-14)12-20(28)18(13-22(24,25)26)10-15-6-3-2-4-7-15/h2-9,11,18H,10,12-13H2,1H3. The van der Waals surface area contributed by atoms with Crippen molar-refractivity contribution in [3.05, 3.63) is 77.2 Å². The van der Waals surface area contributed by atoms with E-state index in [1.54, 1.807) is 49.4 Å². The van der Waals surface area contributed by atoms with Crippen LogP contribution in [0.2, 0.25) is 0 Å². The first-order valence-electron chi connectivity index (χ1n) is 8.91. The predicted octanol–water partition coefficient (Wildman–Crippen LogP) is 5.61. The van der Waals surface area contributed by atoms with E-state index in [-0.39, 0.29) is 18.4 Å². The molecule has 0 saturated carbocycles. The monoisotopic (exact) mass is 389 g/mol. The van der Waals surface area contributed by atoms with Gasteiger partial charge >= 0.3 is 6.18 Å². The van der Waals surface area contributed by atoms with Gasteiger partial charge in [-0.3, -0.25) is 4.79 Å². The molecule has 0 radical (unpaired) electrons. The first-order valence-corrected chi connectivity index (χ1v) is 8.91. The van der Waals surface area contributed by atoms with Gasteiger partial charge in [0, 0.05) is 23.4 Å². The van der Waals surface area contributed by atoms with Crippen molar-refractivity contribution in [2.45, 2.75) is 32.4 Å². The summed E-state index contributed by atoms with van der Waals surface area (Å²) in [4.78, 5) is 16.9. The topological polar surface area (TPSA) is 30.0 Å². The van der Waals surface area contributed by atoms with Crippen molar-refractivity contribution in [1.29, 1.82) is 0 Å². The van der Waals surface area contributed by atoms with E-state index < -0.39 is 30.1 Å². The molecule has 0 bridgehead atoms. The second-order valence-corrected chi connectivity index (χ2v) is 6.89. The van der Waals surface area contributed by atoms with E-state index in [9.17, 15) is 22.4 Å². The Balaban J connectivity index is 1.86. The van der Waals surface area contributed by atoms with Gasteiger partial charge in [-0.2, -0.15) is 13.2 Å². The molecule has 0 saturated heterocycles. The van der Waals surface area contributed by atoms with Crippen LogP contribution >= 0.6 is 0 Å². The van der Waals surface area contributed by atoms with Crippen LogP contribution in [0.5, 0.6) is 0 Å². The number of hydrogen-bond donors (Lipinski definition) is 0. The molecule has 1 unspecified atom stereocenters. The Bertz CT molecular complexity index is 983. The van der Waals surface area contributed by atoms with Gasteiger partial charge in [-0.15, -0.1) is 0 Å². The van der Waals surface area contributed by atoms with Crippen molar-refractivity contribution in [2.75, 3.05) is 0 Å². The van der Waals surface area contributed by atoms with Crippen molar-refractivity contribution in [3.8, 4) is 0 Å². The van der Waals surface area contributed by atoms with E-state index in [4.69, 9.17) is 0 Å². The summed E-state index contributed by atoms with van der Waals surface area (Å²) in [6.07, 6.45) is -5.75. The molecular weight excluding hydrogens is 370 g/mol. The SMILES string of the molecule is Cc1nc2c(F)cccc2cc1CC(=O)C(Cc1ccccc1)CC(F)(F)F. The maximum Gasteiger partial charge on any atom is 0.389 e. The van der Waals surface area contributed by atoms with Crippen molar-refractivity contribution in [3.63, 3.8) is 0 Å². The number of pyridine rings is 1. The molecule has 0 N–H and O–H groups in total. The Labute approximate surface area is 160 Å². The Morgan fingerprint density at radius 2 is 1.79 bits per heavy atom. The van der Waals surface area contributed by atoms with Crippen LogP contribution in [0.1, 0.15) is 23.2 Å². The highest BCUT2D eigenvalue weighted by Crippen LogP contribution is 2.29. The average molecular weight is 389 g/mol. The normalized spacial score (nSPS) is 12.9. The molecule has 3 rings (SSSR count). The van der Waals surface area contributed by atoms with Crippen LogP contribution < -0.4 is 0 Å². The summed E-state index contributed by atoms with van der Waals surface area (Å²) >= 11 is 0. The van der Waals surface area contributed by atoms with Gasteiger partial charge in [0.2, 0.25) is 0 Å². The zero-order chi connectivity index (χ0) is 20.3. The molecule has 0 amide bonds. The maximum atomic E-state index is 13.9. The first kappa shape index (κ1) is 20.0. The maximum absolute atomic E-state index is 13.9. The minimum absolute atomic E-state index is 0.0217. The largest absolute Gasteiger partial charge is 0.389 e. The van der Waals surface area contributed by atoms with Gasteiger partial charge < -0.3 is 0 Å². The van der Waals surface area contributed by atoms with Gasteiger partial charge in [-0.1, -0.05) is 42.5 Å². The molecule has 2 nitrogen and oxygen atoms in total. The molecule has 146 valence electrons. The molecule has 0 spiro atoms. The van der Waals surface area contributed by atoms with E-state index in [2.05, 4.69) is 4.98 Å². The van der Waals surface area contributed by atoms with Crippen LogP contribution in [0.25, 0.3) is 10.9 Å². The van der Waals surface area contributed by atoms with Crippen molar-refractivity contribution in [1.82, 2.24) is 4.98 Å². The summed E-state index contributed by atoms with van der Waals surface area (Å²) in [6.45, 7) is 1.63. The number of carbonyl (C=O) groups is 1. The third-order valence-electron chi connectivity index (χ3n) is 4.71. The summed E-state index contributed by atoms with van der Waals surface area (Å²) < 4.78 is 53.0. The van der Waals surface area contributed by atoms with Crippen LogP contribution in [0.4, 0.5) is 17.6 Å². The quantitative estimate of drug-likeness (QED) is 0.513. The summed E-state index contributed by atoms with van der Waals surface area (Å²) in [5.74, 6) is -2.15. The number of fused-ring (bicyclic) bond motifs is 1. The lowest BCUT2D eigenvalue weighted by atomic mass is 9.88. The Morgan fingerprint density at radius 3 is 2.46 bits per heavy atom. The number of rotatable bonds is 6. The number of aryl methyl sites for hydroxylation is 1. The zero-order valence-corrected chi connectivity index (χ0v) is 15.3. The molecular formula is C22H19F4NO. The van der Waals surface area contributed by atoms with Crippen molar-refractivity contribution in [2.24, 2.45) is 5.92 Å². The van der Waals surface area contributed by atoms with Gasteiger partial charge in [0.15, 0.2) is 0 Å². The molecule has 0 fully saturated rings. The summed E-state index contributed by atoms with van der Waals surface area (Å²) in [7, 11) is 0. The van der Waals surface area contributed by atoms with Crippen LogP contribution in [-0.2, 0) is 17.6 Å². The number of alkyl halides is 3. The molecule has 28 heavy (non-hydrogen) atoms. The minimum Gasteiger partial charge on any atom is -0.299 e. The van der Waals surface area contributed by atoms with Crippen molar-refractivity contribution >= 4 is 16.7 Å². The Hall–Kier alpha value is -2.76. The third-order valence-corrected chi connectivity index (χ3v) is 4.71. The number of ketones is 1. The fourth-order valence-corrected chi connectivity index (χ4v) is 3.29. The Morgan fingerprint density at radius 1 is 1.07 bits per heavy atom. The highest BCUT2D eigenvalue weighted by atomic mass is 19.4. The van der Waals surface area contributed by atoms with E-state index in [0.717, 1.165) is 0 Å². The fraction of sp³-hybridized carbons (Fsp3) is 0.273. The molecule has 0 aliphatic rings. The molecule has 0 aliphatic heterocycles. The molecule has 3 aromatic rings. The van der Waals surface area contributed by atoms with E-state index in [1.807, 2.05) is 0 Å². The Kier molecular flexibility index (Phi) is 5.77. The summed E-state index contributed by atoms with van der Waals surface area (Å²) in [6, 6.07) is 14.8. The third kappa shape index (κ3) is 4.94. The van der Waals surface area contributed by atoms with Gasteiger partial charge in [-0.05, 0) is 36.6 Å². The number of para-hydroxylation sites is 1. The molecule has 6 heteroatoms. The van der Waals surface area contributed by atoms with Crippen LogP contribution in [-0.4, -0.2) is 16.9 Å². The summed E-state index contributed by atoms with van der Waals surface area (Å²) in [5.41, 5.74) is 1.83. The number of hydrogen-bond acceptors (Lipinski definition) is 2. The van der Waals surface area contributed by atoms with E-state index in [1.165, 1.54) is 12.1 Å². The van der Waals surface area contributed by atoms with Gasteiger partial charge in [0.25, 0.3) is 0 Å². The molecule has 1 aromatic heterocycles. The number of Topliss-reactive ketones (excluding diaryl/α,β-unsaturated/α-hetero) is 1. The van der Waals surface area contributed by atoms with E-state index in [0.29, 0.717) is 22.2 Å². The zero-order valence-electron chi connectivity index (χ0n) is 15.3. The van der Waals surface area contributed by atoms with Crippen LogP contribution in [0.3, 0.4) is 0 Å². The number of halogens is 4. The van der Waals surface area contributed by atoms with Gasteiger partial charge in [0.1, 0.15) is 17.1 Å². The van der Waals surface area contributed by atoms with E-state index >= 15 is 0 Å². The molecule has 0 aliphatic carbocycles. The lowest BCUT2D eigenvalue weighted by Crippen LogP contribution is -2.26. The number of benzene rings is 2.